The van der Waals surface area contributed by atoms with Crippen LogP contribution in [0.4, 0.5) is 8.78 Å². The van der Waals surface area contributed by atoms with Gasteiger partial charge in [-0.2, -0.15) is 0 Å². The lowest BCUT2D eigenvalue weighted by Gasteiger charge is -2.09. The van der Waals surface area contributed by atoms with Crippen molar-refractivity contribution in [1.82, 2.24) is 10.3 Å². The molecule has 0 radical (unpaired) electrons. The number of unbranched alkanes of at least 4 members (excludes halogenated alkanes) is 3. The largest absolute Gasteiger partial charge is 0.471 e. The molecule has 0 aliphatic rings. The molecule has 22 heavy (non-hydrogen) atoms. The van der Waals surface area contributed by atoms with E-state index < -0.39 is 13.0 Å². The lowest BCUT2D eigenvalue weighted by molar-refractivity contribution is 0.0791. The highest BCUT2D eigenvalue weighted by atomic mass is 19.3. The Bertz CT molecular complexity index is 455. The van der Waals surface area contributed by atoms with Crippen molar-refractivity contribution in [1.29, 1.82) is 0 Å². The minimum Gasteiger partial charge on any atom is -0.471 e. The van der Waals surface area contributed by atoms with E-state index in [-0.39, 0.29) is 12.4 Å². The number of nitrogens with zero attached hydrogens (tertiary/aromatic N) is 2. The van der Waals surface area contributed by atoms with Crippen molar-refractivity contribution in [2.75, 3.05) is 13.2 Å². The van der Waals surface area contributed by atoms with Gasteiger partial charge in [0.05, 0.1) is 6.54 Å². The van der Waals surface area contributed by atoms with Crippen LogP contribution in [0.25, 0.3) is 0 Å². The van der Waals surface area contributed by atoms with E-state index in [9.17, 15) is 8.78 Å². The van der Waals surface area contributed by atoms with Crippen molar-refractivity contribution in [2.45, 2.75) is 45.6 Å². The maximum atomic E-state index is 12.2. The van der Waals surface area contributed by atoms with Crippen LogP contribution in [0.2, 0.25) is 0 Å². The fraction of sp³-hybridized carbons (Fsp3) is 0.600. The summed E-state index contributed by atoms with van der Waals surface area (Å²) in [6.07, 6.45) is 3.55. The van der Waals surface area contributed by atoms with E-state index in [1.807, 2.05) is 0 Å². The molecule has 0 unspecified atom stereocenters. The van der Waals surface area contributed by atoms with Gasteiger partial charge in [0.2, 0.25) is 5.88 Å². The summed E-state index contributed by atoms with van der Waals surface area (Å²) in [6, 6.07) is 3.43. The van der Waals surface area contributed by atoms with Crippen molar-refractivity contribution in [3.63, 3.8) is 0 Å². The van der Waals surface area contributed by atoms with Crippen LogP contribution in [-0.4, -0.2) is 30.5 Å². The average molecular weight is 314 g/mol. The number of hydrogen-bond acceptors (Lipinski definition) is 3. The third-order valence-corrected chi connectivity index (χ3v) is 2.95. The molecule has 3 N–H and O–H groups in total. The van der Waals surface area contributed by atoms with Crippen molar-refractivity contribution in [2.24, 2.45) is 10.7 Å². The van der Waals surface area contributed by atoms with Crippen LogP contribution in [0.3, 0.4) is 0 Å². The molecule has 0 aromatic carbocycles. The second kappa shape index (κ2) is 10.8. The first-order valence-corrected chi connectivity index (χ1v) is 7.52. The van der Waals surface area contributed by atoms with Gasteiger partial charge in [-0.15, -0.1) is 0 Å². The summed E-state index contributed by atoms with van der Waals surface area (Å²) in [5.41, 5.74) is 6.39. The SMILES string of the molecule is CCCCCCNC(N)=NCc1cccnc1OCC(F)F. The van der Waals surface area contributed by atoms with Gasteiger partial charge in [0.25, 0.3) is 6.43 Å². The highest BCUT2D eigenvalue weighted by Gasteiger charge is 2.08. The Hall–Kier alpha value is -1.92. The predicted molar refractivity (Wildman–Crippen MR) is 83.2 cm³/mol. The lowest BCUT2D eigenvalue weighted by Crippen LogP contribution is -2.32. The highest BCUT2D eigenvalue weighted by molar-refractivity contribution is 5.77. The molecular formula is C15H24F2N4O. The minimum atomic E-state index is -2.53. The average Bonchev–Trinajstić information content (AvgIpc) is 2.51. The van der Waals surface area contributed by atoms with E-state index >= 15 is 0 Å². The second-order valence-corrected chi connectivity index (χ2v) is 4.86. The van der Waals surface area contributed by atoms with Crippen molar-refractivity contribution in [3.05, 3.63) is 23.9 Å². The Morgan fingerprint density at radius 3 is 2.95 bits per heavy atom. The van der Waals surface area contributed by atoms with Crippen LogP contribution in [-0.2, 0) is 6.54 Å². The predicted octanol–water partition coefficient (Wildman–Crippen LogP) is 2.71. The van der Waals surface area contributed by atoms with Crippen LogP contribution in [0, 0.1) is 0 Å². The molecule has 1 heterocycles. The molecule has 0 aliphatic heterocycles. The zero-order valence-electron chi connectivity index (χ0n) is 12.9. The van der Waals surface area contributed by atoms with Gasteiger partial charge in [-0.05, 0) is 12.5 Å². The Morgan fingerprint density at radius 2 is 2.23 bits per heavy atom. The zero-order valence-corrected chi connectivity index (χ0v) is 12.9. The van der Waals surface area contributed by atoms with Crippen molar-refractivity contribution < 1.29 is 13.5 Å². The summed E-state index contributed by atoms with van der Waals surface area (Å²) >= 11 is 0. The van der Waals surface area contributed by atoms with Gasteiger partial charge >= 0.3 is 0 Å². The van der Waals surface area contributed by atoms with Crippen molar-refractivity contribution >= 4 is 5.96 Å². The number of hydrogen-bond donors (Lipinski definition) is 2. The number of aromatic nitrogens is 1. The van der Waals surface area contributed by atoms with Crippen LogP contribution in [0.5, 0.6) is 5.88 Å². The number of halogens is 2. The van der Waals surface area contributed by atoms with Crippen LogP contribution in [0.1, 0.15) is 38.2 Å². The number of rotatable bonds is 10. The first-order chi connectivity index (χ1) is 10.6. The molecule has 0 bridgehead atoms. The number of nitrogens with two attached hydrogens (primary N) is 1. The van der Waals surface area contributed by atoms with E-state index in [1.165, 1.54) is 19.0 Å². The van der Waals surface area contributed by atoms with E-state index in [4.69, 9.17) is 10.5 Å². The van der Waals surface area contributed by atoms with E-state index in [0.717, 1.165) is 19.4 Å². The Balaban J connectivity index is 2.43. The van der Waals surface area contributed by atoms with E-state index in [2.05, 4.69) is 22.2 Å². The minimum absolute atomic E-state index is 0.169. The lowest BCUT2D eigenvalue weighted by atomic mass is 10.2. The fourth-order valence-corrected chi connectivity index (χ4v) is 1.81. The maximum absolute atomic E-state index is 12.2. The van der Waals surface area contributed by atoms with E-state index in [0.29, 0.717) is 11.5 Å². The number of nitrogens with one attached hydrogen (secondary N) is 1. The number of ether oxygens (including phenoxy) is 1. The summed E-state index contributed by atoms with van der Waals surface area (Å²) in [4.78, 5) is 8.11. The molecule has 0 aliphatic carbocycles. The van der Waals surface area contributed by atoms with Gasteiger partial charge < -0.3 is 15.8 Å². The van der Waals surface area contributed by atoms with Gasteiger partial charge in [-0.3, -0.25) is 0 Å². The normalized spacial score (nSPS) is 11.7. The van der Waals surface area contributed by atoms with Gasteiger partial charge in [-0.1, -0.05) is 32.3 Å². The Morgan fingerprint density at radius 1 is 1.41 bits per heavy atom. The van der Waals surface area contributed by atoms with Crippen LogP contribution in [0.15, 0.2) is 23.3 Å². The fourth-order valence-electron chi connectivity index (χ4n) is 1.81. The molecule has 0 saturated carbocycles. The van der Waals surface area contributed by atoms with Crippen molar-refractivity contribution in [3.8, 4) is 5.88 Å². The summed E-state index contributed by atoms with van der Waals surface area (Å²) < 4.78 is 29.3. The Labute approximate surface area is 130 Å². The Kier molecular flexibility index (Phi) is 8.86. The zero-order chi connectivity index (χ0) is 16.2. The first-order valence-electron chi connectivity index (χ1n) is 7.52. The monoisotopic (exact) mass is 314 g/mol. The van der Waals surface area contributed by atoms with Gasteiger partial charge in [0.1, 0.15) is 0 Å². The van der Waals surface area contributed by atoms with Crippen LogP contribution >= 0.6 is 0 Å². The quantitative estimate of drug-likeness (QED) is 0.396. The molecule has 124 valence electrons. The number of pyridine rings is 1. The molecule has 5 nitrogen and oxygen atoms in total. The number of guanidine groups is 1. The summed E-state index contributed by atoms with van der Waals surface area (Å²) in [7, 11) is 0. The number of aliphatic imine (C=N–C) groups is 1. The molecule has 0 atom stereocenters. The molecule has 0 amide bonds. The summed E-state index contributed by atoms with van der Waals surface area (Å²) in [5.74, 6) is 0.502. The molecule has 1 aromatic heterocycles. The highest BCUT2D eigenvalue weighted by Crippen LogP contribution is 2.16. The summed E-state index contributed by atoms with van der Waals surface area (Å²) in [5, 5.41) is 3.03. The molecule has 0 spiro atoms. The van der Waals surface area contributed by atoms with Gasteiger partial charge in [0.15, 0.2) is 12.6 Å². The van der Waals surface area contributed by atoms with E-state index in [1.54, 1.807) is 12.1 Å². The topological polar surface area (TPSA) is 72.5 Å². The first kappa shape index (κ1) is 18.1. The molecule has 1 aromatic rings. The molecular weight excluding hydrogens is 290 g/mol. The maximum Gasteiger partial charge on any atom is 0.272 e. The standard InChI is InChI=1S/C15H24F2N4O/c1-2-3-4-5-8-20-15(18)21-10-12-7-6-9-19-14(12)22-11-13(16)17/h6-7,9,13H,2-5,8,10-11H2,1H3,(H3,18,20,21). The number of alkyl halides is 2. The third-order valence-electron chi connectivity index (χ3n) is 2.95. The van der Waals surface area contributed by atoms with Gasteiger partial charge in [-0.25, -0.2) is 18.8 Å². The second-order valence-electron chi connectivity index (χ2n) is 4.86. The smallest absolute Gasteiger partial charge is 0.272 e. The third kappa shape index (κ3) is 7.75. The van der Waals surface area contributed by atoms with Gasteiger partial charge in [0, 0.05) is 18.3 Å². The van der Waals surface area contributed by atoms with Crippen LogP contribution < -0.4 is 15.8 Å². The molecule has 0 fully saturated rings. The molecule has 1 rings (SSSR count). The molecule has 0 saturated heterocycles. The summed E-state index contributed by atoms with van der Waals surface area (Å²) in [6.45, 7) is 2.49. The molecule has 7 heteroatoms.